The van der Waals surface area contributed by atoms with Crippen molar-refractivity contribution in [2.45, 2.75) is 25.4 Å². The van der Waals surface area contributed by atoms with E-state index in [9.17, 15) is 9.90 Å². The molecule has 2 aliphatic heterocycles. The molecule has 1 amide bonds. The number of anilines is 1. The maximum Gasteiger partial charge on any atom is 0.255 e. The first kappa shape index (κ1) is 20.0. The Morgan fingerprint density at radius 3 is 2.79 bits per heavy atom. The zero-order valence-corrected chi connectivity index (χ0v) is 17.1. The van der Waals surface area contributed by atoms with Crippen molar-refractivity contribution in [1.82, 2.24) is 29.4 Å². The van der Waals surface area contributed by atoms with E-state index in [4.69, 9.17) is 4.74 Å². The monoisotopic (exact) mass is 403 g/mol. The predicted molar refractivity (Wildman–Crippen MR) is 107 cm³/mol. The summed E-state index contributed by atoms with van der Waals surface area (Å²) < 4.78 is 6.85. The third-order valence-corrected chi connectivity index (χ3v) is 5.81. The van der Waals surface area contributed by atoms with Crippen LogP contribution in [0.25, 0.3) is 5.78 Å². The molecule has 4 heterocycles. The Bertz CT molecular complexity index is 865. The van der Waals surface area contributed by atoms with Gasteiger partial charge in [-0.15, -0.1) is 0 Å². The van der Waals surface area contributed by atoms with Crippen LogP contribution >= 0.6 is 0 Å². The molecule has 0 saturated carbocycles. The summed E-state index contributed by atoms with van der Waals surface area (Å²) in [6, 6.07) is 2.02. The van der Waals surface area contributed by atoms with Gasteiger partial charge >= 0.3 is 0 Å². The lowest BCUT2D eigenvalue weighted by atomic mass is 9.91. The van der Waals surface area contributed by atoms with Gasteiger partial charge in [-0.05, 0) is 19.8 Å². The zero-order chi connectivity index (χ0) is 20.4. The van der Waals surface area contributed by atoms with Crippen LogP contribution in [0.15, 0.2) is 12.4 Å². The molecule has 0 radical (unpaired) electrons. The van der Waals surface area contributed by atoms with E-state index in [0.29, 0.717) is 38.4 Å². The summed E-state index contributed by atoms with van der Waals surface area (Å²) in [5, 5.41) is 15.4. The van der Waals surface area contributed by atoms with E-state index in [0.717, 1.165) is 44.1 Å². The normalized spacial score (nSPS) is 23.9. The van der Waals surface area contributed by atoms with Crippen LogP contribution in [-0.4, -0.2) is 106 Å². The summed E-state index contributed by atoms with van der Waals surface area (Å²) >= 11 is 0. The molecule has 0 unspecified atom stereocenters. The van der Waals surface area contributed by atoms with Crippen molar-refractivity contribution >= 4 is 17.5 Å². The number of β-amino-alcohol motifs (C(OH)–C–C–N with tert-alkyl or cyclic N) is 1. The summed E-state index contributed by atoms with van der Waals surface area (Å²) in [7, 11) is 1.62. The lowest BCUT2D eigenvalue weighted by Gasteiger charge is -2.43. The number of fused-ring (bicyclic) bond motifs is 1. The van der Waals surface area contributed by atoms with Gasteiger partial charge in [0, 0.05) is 64.7 Å². The van der Waals surface area contributed by atoms with Crippen LogP contribution in [-0.2, 0) is 9.53 Å². The highest BCUT2D eigenvalue weighted by Gasteiger charge is 2.43. The largest absolute Gasteiger partial charge is 0.383 e. The van der Waals surface area contributed by atoms with Gasteiger partial charge in [0.25, 0.3) is 11.7 Å². The van der Waals surface area contributed by atoms with E-state index < -0.39 is 5.60 Å². The molecule has 29 heavy (non-hydrogen) atoms. The average Bonchev–Trinajstić information content (AvgIpc) is 3.17. The van der Waals surface area contributed by atoms with E-state index in [-0.39, 0.29) is 5.91 Å². The SMILES string of the molecule is COCCN1CCC[C@](O)(CN2CCN(c3cc(C)nc4ncnn34)CC2)C1=O. The molecule has 0 aromatic carbocycles. The van der Waals surface area contributed by atoms with Gasteiger partial charge in [-0.2, -0.15) is 14.6 Å². The second-order valence-electron chi connectivity index (χ2n) is 7.91. The summed E-state index contributed by atoms with van der Waals surface area (Å²) in [6.07, 6.45) is 2.84. The molecule has 0 aliphatic carbocycles. The van der Waals surface area contributed by atoms with Crippen molar-refractivity contribution in [3.05, 3.63) is 18.1 Å². The number of aromatic nitrogens is 4. The first-order valence-corrected chi connectivity index (χ1v) is 10.2. The highest BCUT2D eigenvalue weighted by atomic mass is 16.5. The lowest BCUT2D eigenvalue weighted by Crippen LogP contribution is -2.61. The molecule has 0 spiro atoms. The molecule has 2 aliphatic rings. The Hall–Kier alpha value is -2.30. The summed E-state index contributed by atoms with van der Waals surface area (Å²) in [5.74, 6) is 1.40. The fourth-order valence-electron chi connectivity index (χ4n) is 4.27. The predicted octanol–water partition coefficient (Wildman–Crippen LogP) is -0.445. The average molecular weight is 403 g/mol. The quantitative estimate of drug-likeness (QED) is 0.693. The fraction of sp³-hybridized carbons (Fsp3) is 0.684. The number of likely N-dealkylation sites (tertiary alicyclic amines) is 1. The Balaban J connectivity index is 1.39. The number of piperazine rings is 1. The number of aliphatic hydroxyl groups is 1. The Kier molecular flexibility index (Phi) is 5.66. The van der Waals surface area contributed by atoms with Crippen LogP contribution in [0.1, 0.15) is 18.5 Å². The molecule has 1 atom stereocenters. The number of ether oxygens (including phenoxy) is 1. The van der Waals surface area contributed by atoms with Gasteiger partial charge in [0.05, 0.1) is 6.61 Å². The highest BCUT2D eigenvalue weighted by molar-refractivity contribution is 5.86. The molecule has 0 bridgehead atoms. The summed E-state index contributed by atoms with van der Waals surface area (Å²) in [6.45, 7) is 7.14. The number of rotatable bonds is 6. The number of aryl methyl sites for hydroxylation is 1. The van der Waals surface area contributed by atoms with E-state index in [2.05, 4.69) is 24.9 Å². The molecule has 4 rings (SSSR count). The molecule has 2 aromatic rings. The van der Waals surface area contributed by atoms with E-state index >= 15 is 0 Å². The van der Waals surface area contributed by atoms with Crippen LogP contribution in [0.3, 0.4) is 0 Å². The topological polar surface area (TPSA) is 99.3 Å². The molecule has 10 nitrogen and oxygen atoms in total. The molecule has 2 aromatic heterocycles. The van der Waals surface area contributed by atoms with Crippen molar-refractivity contribution in [2.75, 3.05) is 64.4 Å². The number of hydrogen-bond donors (Lipinski definition) is 1. The molecular formula is C19H29N7O3. The molecule has 10 heteroatoms. The Labute approximate surface area is 170 Å². The summed E-state index contributed by atoms with van der Waals surface area (Å²) in [4.78, 5) is 27.6. The van der Waals surface area contributed by atoms with Crippen LogP contribution < -0.4 is 4.90 Å². The van der Waals surface area contributed by atoms with Gasteiger partial charge < -0.3 is 19.6 Å². The number of amides is 1. The number of piperidine rings is 1. The molecule has 1 N–H and O–H groups in total. The lowest BCUT2D eigenvalue weighted by molar-refractivity contribution is -0.160. The zero-order valence-electron chi connectivity index (χ0n) is 17.1. The number of nitrogens with zero attached hydrogens (tertiary/aromatic N) is 7. The second-order valence-corrected chi connectivity index (χ2v) is 7.91. The smallest absolute Gasteiger partial charge is 0.255 e. The fourth-order valence-corrected chi connectivity index (χ4v) is 4.27. The third kappa shape index (κ3) is 4.05. The van der Waals surface area contributed by atoms with Crippen molar-refractivity contribution in [3.8, 4) is 0 Å². The molecular weight excluding hydrogens is 374 g/mol. The van der Waals surface area contributed by atoms with Gasteiger partial charge in [-0.25, -0.2) is 4.98 Å². The molecule has 158 valence electrons. The van der Waals surface area contributed by atoms with Gasteiger partial charge in [-0.1, -0.05) is 0 Å². The maximum atomic E-state index is 12.8. The third-order valence-electron chi connectivity index (χ3n) is 5.81. The van der Waals surface area contributed by atoms with Crippen LogP contribution in [0.2, 0.25) is 0 Å². The Morgan fingerprint density at radius 2 is 2.03 bits per heavy atom. The van der Waals surface area contributed by atoms with E-state index in [1.807, 2.05) is 13.0 Å². The minimum atomic E-state index is -1.30. The van der Waals surface area contributed by atoms with Crippen molar-refractivity contribution in [3.63, 3.8) is 0 Å². The van der Waals surface area contributed by atoms with E-state index in [1.54, 1.807) is 16.5 Å². The van der Waals surface area contributed by atoms with Crippen LogP contribution in [0.5, 0.6) is 0 Å². The number of carbonyl (C=O) groups excluding carboxylic acids is 1. The van der Waals surface area contributed by atoms with Gasteiger partial charge in [0.15, 0.2) is 5.60 Å². The Morgan fingerprint density at radius 1 is 1.24 bits per heavy atom. The van der Waals surface area contributed by atoms with Gasteiger partial charge in [-0.3, -0.25) is 9.69 Å². The van der Waals surface area contributed by atoms with Crippen LogP contribution in [0.4, 0.5) is 5.82 Å². The highest BCUT2D eigenvalue weighted by Crippen LogP contribution is 2.25. The van der Waals surface area contributed by atoms with Gasteiger partial charge in [0.1, 0.15) is 12.1 Å². The minimum Gasteiger partial charge on any atom is -0.383 e. The van der Waals surface area contributed by atoms with E-state index in [1.165, 1.54) is 6.33 Å². The first-order valence-electron chi connectivity index (χ1n) is 10.2. The second kappa shape index (κ2) is 8.21. The maximum absolute atomic E-state index is 12.8. The van der Waals surface area contributed by atoms with Crippen molar-refractivity contribution in [2.24, 2.45) is 0 Å². The number of hydrogen-bond acceptors (Lipinski definition) is 8. The van der Waals surface area contributed by atoms with Crippen molar-refractivity contribution in [1.29, 1.82) is 0 Å². The minimum absolute atomic E-state index is 0.169. The first-order chi connectivity index (χ1) is 14.0. The van der Waals surface area contributed by atoms with Crippen LogP contribution in [0, 0.1) is 6.92 Å². The van der Waals surface area contributed by atoms with Gasteiger partial charge in [0.2, 0.25) is 0 Å². The van der Waals surface area contributed by atoms with Crippen molar-refractivity contribution < 1.29 is 14.6 Å². The number of carbonyl (C=O) groups is 1. The molecule has 2 fully saturated rings. The summed E-state index contributed by atoms with van der Waals surface area (Å²) in [5.41, 5.74) is -0.401. The number of methoxy groups -OCH3 is 1. The molecule has 2 saturated heterocycles. The standard InChI is InChI=1S/C19H29N7O3/c1-15-12-16(26-18(22-15)20-14-21-26)24-8-6-23(7-9-24)13-19(28)4-3-5-25(17(19)27)10-11-29-2/h12,14,28H,3-11,13H2,1-2H3/t19-/m0/s1.